The number of hydrogen-bond acceptors (Lipinski definition) is 3. The molecule has 3 nitrogen and oxygen atoms in total. The van der Waals surface area contributed by atoms with Crippen LogP contribution in [0, 0.1) is 6.42 Å². The summed E-state index contributed by atoms with van der Waals surface area (Å²) >= 11 is 0. The van der Waals surface area contributed by atoms with Crippen LogP contribution < -0.4 is 0 Å². The molecule has 0 saturated heterocycles. The Morgan fingerprint density at radius 1 is 0.680 bits per heavy atom. The van der Waals surface area contributed by atoms with Crippen LogP contribution in [-0.4, -0.2) is 36.1 Å². The van der Waals surface area contributed by atoms with E-state index in [-0.39, 0.29) is 6.61 Å². The van der Waals surface area contributed by atoms with Crippen LogP contribution in [0.3, 0.4) is 0 Å². The zero-order chi connectivity index (χ0) is 18.4. The quantitative estimate of drug-likeness (QED) is 0.254. The summed E-state index contributed by atoms with van der Waals surface area (Å²) in [5.41, 5.74) is 0. The zero-order valence-corrected chi connectivity index (χ0v) is 16.9. The van der Waals surface area contributed by atoms with Gasteiger partial charge in [-0.05, 0) is 25.7 Å². The highest BCUT2D eigenvalue weighted by Crippen LogP contribution is 2.13. The normalized spacial score (nSPS) is 12.6. The van der Waals surface area contributed by atoms with Gasteiger partial charge in [0.15, 0.2) is 0 Å². The van der Waals surface area contributed by atoms with Crippen molar-refractivity contribution in [3.05, 3.63) is 6.42 Å². The van der Waals surface area contributed by atoms with E-state index >= 15 is 0 Å². The predicted octanol–water partition coefficient (Wildman–Crippen LogP) is 5.82. The van der Waals surface area contributed by atoms with Crippen molar-refractivity contribution in [2.75, 3.05) is 19.8 Å². The van der Waals surface area contributed by atoms with Crippen LogP contribution in [0.1, 0.15) is 110 Å². The summed E-state index contributed by atoms with van der Waals surface area (Å²) in [6.07, 6.45) is 22.2. The largest absolute Gasteiger partial charge is 0.394 e. The molecule has 25 heavy (non-hydrogen) atoms. The first-order chi connectivity index (χ1) is 12.3. The molecule has 0 aromatic carbocycles. The minimum absolute atomic E-state index is 0.181. The third-order valence-corrected chi connectivity index (χ3v) is 4.76. The molecule has 0 spiro atoms. The minimum atomic E-state index is -0.675. The van der Waals surface area contributed by atoms with Crippen molar-refractivity contribution >= 4 is 0 Å². The second kappa shape index (κ2) is 21.9. The summed E-state index contributed by atoms with van der Waals surface area (Å²) in [7, 11) is 0. The van der Waals surface area contributed by atoms with Gasteiger partial charge in [0.25, 0.3) is 0 Å². The molecule has 1 unspecified atom stereocenters. The van der Waals surface area contributed by atoms with E-state index in [0.717, 1.165) is 26.1 Å². The summed E-state index contributed by atoms with van der Waals surface area (Å²) in [6, 6.07) is 0. The van der Waals surface area contributed by atoms with Crippen molar-refractivity contribution in [3.8, 4) is 0 Å². The van der Waals surface area contributed by atoms with Crippen molar-refractivity contribution < 1.29 is 14.9 Å². The SMILES string of the molecule is CCCCCCCCCCCCCCCCOCCC[CH]C(O)CO. The van der Waals surface area contributed by atoms with Crippen molar-refractivity contribution in [2.24, 2.45) is 0 Å². The monoisotopic (exact) mass is 357 g/mol. The number of aliphatic hydroxyl groups is 2. The molecule has 3 heteroatoms. The number of aliphatic hydroxyl groups excluding tert-OH is 2. The maximum absolute atomic E-state index is 9.16. The van der Waals surface area contributed by atoms with Gasteiger partial charge in [0.1, 0.15) is 0 Å². The lowest BCUT2D eigenvalue weighted by atomic mass is 10.0. The Morgan fingerprint density at radius 3 is 1.60 bits per heavy atom. The van der Waals surface area contributed by atoms with Gasteiger partial charge >= 0.3 is 0 Å². The Labute approximate surface area is 157 Å². The van der Waals surface area contributed by atoms with Gasteiger partial charge in [-0.2, -0.15) is 0 Å². The molecule has 151 valence electrons. The van der Waals surface area contributed by atoms with Crippen molar-refractivity contribution in [2.45, 2.75) is 116 Å². The van der Waals surface area contributed by atoms with E-state index in [4.69, 9.17) is 14.9 Å². The molecule has 0 amide bonds. The van der Waals surface area contributed by atoms with E-state index in [1.807, 2.05) is 0 Å². The van der Waals surface area contributed by atoms with Gasteiger partial charge in [0.2, 0.25) is 0 Å². The number of rotatable bonds is 21. The summed E-state index contributed by atoms with van der Waals surface area (Å²) in [5.74, 6) is 0. The van der Waals surface area contributed by atoms with E-state index in [0.29, 0.717) is 0 Å². The Kier molecular flexibility index (Phi) is 21.8. The van der Waals surface area contributed by atoms with Gasteiger partial charge in [-0.25, -0.2) is 0 Å². The van der Waals surface area contributed by atoms with Crippen LogP contribution in [-0.2, 0) is 4.74 Å². The maximum Gasteiger partial charge on any atom is 0.0802 e. The minimum Gasteiger partial charge on any atom is -0.394 e. The van der Waals surface area contributed by atoms with E-state index in [2.05, 4.69) is 6.92 Å². The first-order valence-corrected chi connectivity index (χ1v) is 11.0. The molecule has 0 bridgehead atoms. The molecule has 0 rings (SSSR count). The predicted molar refractivity (Wildman–Crippen MR) is 108 cm³/mol. The highest BCUT2D eigenvalue weighted by atomic mass is 16.5. The second-order valence-electron chi connectivity index (χ2n) is 7.34. The standard InChI is InChI=1S/C22H45O3/c1-2-3-4-5-6-7-8-9-10-11-12-13-14-16-19-25-20-17-15-18-22(24)21-23/h18,22-24H,2-17,19-21H2,1H3. The Morgan fingerprint density at radius 2 is 1.12 bits per heavy atom. The fourth-order valence-corrected chi connectivity index (χ4v) is 3.07. The number of ether oxygens (including phenoxy) is 1. The Hall–Kier alpha value is -0.120. The summed E-state index contributed by atoms with van der Waals surface area (Å²) < 4.78 is 5.59. The molecule has 0 aromatic heterocycles. The van der Waals surface area contributed by atoms with E-state index in [9.17, 15) is 0 Å². The lowest BCUT2D eigenvalue weighted by Gasteiger charge is -2.07. The third-order valence-electron chi connectivity index (χ3n) is 4.76. The molecule has 1 radical (unpaired) electrons. The molecule has 0 aliphatic heterocycles. The van der Waals surface area contributed by atoms with Crippen molar-refractivity contribution in [3.63, 3.8) is 0 Å². The molecular formula is C22H45O3. The maximum atomic E-state index is 9.16. The highest BCUT2D eigenvalue weighted by molar-refractivity contribution is 4.73. The number of hydrogen-bond donors (Lipinski definition) is 2. The molecular weight excluding hydrogens is 312 g/mol. The van der Waals surface area contributed by atoms with E-state index < -0.39 is 6.10 Å². The summed E-state index contributed by atoms with van der Waals surface area (Å²) in [6.45, 7) is 3.72. The summed E-state index contributed by atoms with van der Waals surface area (Å²) in [4.78, 5) is 0. The lowest BCUT2D eigenvalue weighted by molar-refractivity contribution is 0.108. The van der Waals surface area contributed by atoms with E-state index in [1.54, 1.807) is 6.42 Å². The molecule has 0 aliphatic carbocycles. The van der Waals surface area contributed by atoms with Crippen LogP contribution in [0.4, 0.5) is 0 Å². The van der Waals surface area contributed by atoms with Gasteiger partial charge in [0, 0.05) is 13.2 Å². The van der Waals surface area contributed by atoms with Gasteiger partial charge in [0.05, 0.1) is 12.7 Å². The molecule has 2 N–H and O–H groups in total. The van der Waals surface area contributed by atoms with Gasteiger partial charge < -0.3 is 14.9 Å². The van der Waals surface area contributed by atoms with Gasteiger partial charge in [-0.1, -0.05) is 90.4 Å². The molecule has 0 heterocycles. The summed E-state index contributed by atoms with van der Waals surface area (Å²) in [5, 5.41) is 17.8. The zero-order valence-electron chi connectivity index (χ0n) is 16.9. The molecule has 0 fully saturated rings. The molecule has 0 aliphatic rings. The van der Waals surface area contributed by atoms with Gasteiger partial charge in [-0.3, -0.25) is 0 Å². The molecule has 0 aromatic rings. The highest BCUT2D eigenvalue weighted by Gasteiger charge is 2.01. The Bertz CT molecular complexity index is 233. The van der Waals surface area contributed by atoms with Crippen LogP contribution in [0.25, 0.3) is 0 Å². The fraction of sp³-hybridized carbons (Fsp3) is 0.955. The fourth-order valence-electron chi connectivity index (χ4n) is 3.07. The van der Waals surface area contributed by atoms with Crippen LogP contribution in [0.15, 0.2) is 0 Å². The average molecular weight is 358 g/mol. The molecule has 0 saturated carbocycles. The smallest absolute Gasteiger partial charge is 0.0802 e. The van der Waals surface area contributed by atoms with Gasteiger partial charge in [-0.15, -0.1) is 0 Å². The number of unbranched alkanes of at least 4 members (excludes halogenated alkanes) is 14. The third kappa shape index (κ3) is 21.8. The van der Waals surface area contributed by atoms with Crippen LogP contribution >= 0.6 is 0 Å². The van der Waals surface area contributed by atoms with E-state index in [1.165, 1.54) is 89.9 Å². The Balaban J connectivity index is 2.98. The van der Waals surface area contributed by atoms with Crippen molar-refractivity contribution in [1.29, 1.82) is 0 Å². The van der Waals surface area contributed by atoms with Crippen molar-refractivity contribution in [1.82, 2.24) is 0 Å². The molecule has 1 atom stereocenters. The first kappa shape index (κ1) is 24.9. The van der Waals surface area contributed by atoms with Crippen LogP contribution in [0.5, 0.6) is 0 Å². The second-order valence-corrected chi connectivity index (χ2v) is 7.34. The average Bonchev–Trinajstić information content (AvgIpc) is 2.63. The lowest BCUT2D eigenvalue weighted by Crippen LogP contribution is -2.12. The topological polar surface area (TPSA) is 49.7 Å². The van der Waals surface area contributed by atoms with Crippen LogP contribution in [0.2, 0.25) is 0 Å². The first-order valence-electron chi connectivity index (χ1n) is 11.0.